The van der Waals surface area contributed by atoms with Gasteiger partial charge in [-0.15, -0.1) is 0 Å². The van der Waals surface area contributed by atoms with Crippen molar-refractivity contribution in [2.24, 2.45) is 14.1 Å². The van der Waals surface area contributed by atoms with E-state index < -0.39 is 23.0 Å². The molecule has 12 heteroatoms. The Hall–Kier alpha value is -3.77. The van der Waals surface area contributed by atoms with Crippen LogP contribution in [0.4, 0.5) is 20.7 Å². The van der Waals surface area contributed by atoms with Gasteiger partial charge in [0.15, 0.2) is 5.65 Å². The number of pyridine rings is 1. The third-order valence-corrected chi connectivity index (χ3v) is 7.66. The van der Waals surface area contributed by atoms with Gasteiger partial charge in [0, 0.05) is 54.4 Å². The van der Waals surface area contributed by atoms with E-state index in [0.717, 1.165) is 18.5 Å². The summed E-state index contributed by atoms with van der Waals surface area (Å²) in [5.74, 6) is 0.268. The highest BCUT2D eigenvalue weighted by atomic mass is 32.2. The summed E-state index contributed by atoms with van der Waals surface area (Å²) >= 11 is -1.40. The molecular formula is C26H28FN7O3S. The molecule has 0 aliphatic heterocycles. The van der Waals surface area contributed by atoms with E-state index in [0.29, 0.717) is 39.5 Å². The Morgan fingerprint density at radius 2 is 1.87 bits per heavy atom. The van der Waals surface area contributed by atoms with Gasteiger partial charge in [-0.05, 0) is 49.1 Å². The second-order valence-corrected chi connectivity index (χ2v) is 10.9. The predicted octanol–water partition coefficient (Wildman–Crippen LogP) is 4.22. The first-order valence-corrected chi connectivity index (χ1v) is 13.8. The van der Waals surface area contributed by atoms with Crippen molar-refractivity contribution < 1.29 is 13.7 Å². The number of aryl methyl sites for hydroxylation is 3. The number of rotatable bonds is 5. The van der Waals surface area contributed by atoms with E-state index in [1.807, 2.05) is 6.07 Å². The monoisotopic (exact) mass is 537 g/mol. The minimum absolute atomic E-state index is 0.0728. The molecule has 0 bridgehead atoms. The third-order valence-electron chi connectivity index (χ3n) is 6.95. The zero-order valence-corrected chi connectivity index (χ0v) is 22.4. The lowest BCUT2D eigenvalue weighted by Crippen LogP contribution is -2.22. The average molecular weight is 538 g/mol. The van der Waals surface area contributed by atoms with E-state index in [9.17, 15) is 18.5 Å². The molecule has 3 aromatic heterocycles. The molecule has 198 valence electrons. The van der Waals surface area contributed by atoms with Crippen LogP contribution in [0.25, 0.3) is 22.2 Å². The van der Waals surface area contributed by atoms with Crippen LogP contribution in [0.1, 0.15) is 42.9 Å². The number of carbonyl (C=O) groups excluding carboxylic acids is 1. The van der Waals surface area contributed by atoms with Crippen molar-refractivity contribution in [1.82, 2.24) is 24.3 Å². The maximum Gasteiger partial charge on any atom is 0.344 e. The molecule has 4 aromatic rings. The molecule has 0 spiro atoms. The van der Waals surface area contributed by atoms with Crippen molar-refractivity contribution in [2.45, 2.75) is 43.7 Å². The van der Waals surface area contributed by atoms with Gasteiger partial charge in [0.05, 0.1) is 11.4 Å². The van der Waals surface area contributed by atoms with Gasteiger partial charge in [0.25, 0.3) is 5.56 Å². The molecule has 38 heavy (non-hydrogen) atoms. The van der Waals surface area contributed by atoms with Crippen LogP contribution in [0.15, 0.2) is 40.4 Å². The number of hydrogen-bond acceptors (Lipinski definition) is 6. The Labute approximate surface area is 221 Å². The van der Waals surface area contributed by atoms with Gasteiger partial charge in [0.2, 0.25) is 0 Å². The van der Waals surface area contributed by atoms with Gasteiger partial charge in [-0.1, -0.05) is 12.8 Å². The number of hydrogen-bond donors (Lipinski definition) is 2. The van der Waals surface area contributed by atoms with E-state index >= 15 is 0 Å². The molecule has 2 amide bonds. The van der Waals surface area contributed by atoms with Crippen LogP contribution in [0.5, 0.6) is 0 Å². The van der Waals surface area contributed by atoms with E-state index in [1.54, 1.807) is 31.8 Å². The fraction of sp³-hybridized carbons (Fsp3) is 0.346. The van der Waals surface area contributed by atoms with Crippen LogP contribution >= 0.6 is 0 Å². The number of urea groups is 1. The standard InChI is InChI=1S/C26H28FN7O3S/c1-14-9-19(27)21(29-25(36)30-22-12-20(32-34(22)3)15-7-5-6-8-15)11-17(14)18-10-16-13-28-26(38(4)37)31-23(16)33(2)24(18)35/h9-13,15H,5-8H2,1-4H3,(H2,29,30,36). The topological polar surface area (TPSA) is 130 Å². The number of nitrogens with one attached hydrogen (secondary N) is 2. The summed E-state index contributed by atoms with van der Waals surface area (Å²) in [6.45, 7) is 1.69. The maximum atomic E-state index is 14.9. The molecule has 0 radical (unpaired) electrons. The highest BCUT2D eigenvalue weighted by Gasteiger charge is 2.22. The van der Waals surface area contributed by atoms with E-state index in [-0.39, 0.29) is 16.4 Å². The number of fused-ring (bicyclic) bond motifs is 1. The lowest BCUT2D eigenvalue weighted by Gasteiger charge is -2.14. The van der Waals surface area contributed by atoms with Crippen molar-refractivity contribution in [3.05, 3.63) is 57.9 Å². The van der Waals surface area contributed by atoms with Crippen LogP contribution in [0.3, 0.4) is 0 Å². The van der Waals surface area contributed by atoms with Crippen molar-refractivity contribution in [2.75, 3.05) is 16.9 Å². The smallest absolute Gasteiger partial charge is 0.344 e. The minimum Gasteiger partial charge on any atom is -0.609 e. The number of amides is 2. The largest absolute Gasteiger partial charge is 0.609 e. The Morgan fingerprint density at radius 1 is 1.13 bits per heavy atom. The molecule has 1 aliphatic carbocycles. The first-order chi connectivity index (χ1) is 18.1. The summed E-state index contributed by atoms with van der Waals surface area (Å²) in [7, 11) is 3.31. The lowest BCUT2D eigenvalue weighted by molar-refractivity contribution is 0.262. The number of nitrogens with zero attached hydrogens (tertiary/aromatic N) is 5. The van der Waals surface area contributed by atoms with Crippen LogP contribution in [0.2, 0.25) is 0 Å². The molecular weight excluding hydrogens is 509 g/mol. The molecule has 1 aliphatic rings. The maximum absolute atomic E-state index is 14.9. The fourth-order valence-electron chi connectivity index (χ4n) is 4.92. The summed E-state index contributed by atoms with van der Waals surface area (Å²) in [4.78, 5) is 34.4. The first-order valence-electron chi connectivity index (χ1n) is 12.2. The third kappa shape index (κ3) is 4.88. The van der Waals surface area contributed by atoms with Gasteiger partial charge in [-0.25, -0.2) is 9.18 Å². The average Bonchev–Trinajstić information content (AvgIpc) is 3.53. The van der Waals surface area contributed by atoms with Crippen LogP contribution in [0, 0.1) is 12.7 Å². The van der Waals surface area contributed by atoms with Gasteiger partial charge < -0.3 is 9.87 Å². The molecule has 1 aromatic carbocycles. The van der Waals surface area contributed by atoms with Gasteiger partial charge in [0.1, 0.15) is 17.9 Å². The Kier molecular flexibility index (Phi) is 6.93. The molecule has 10 nitrogen and oxygen atoms in total. The number of aromatic nitrogens is 5. The lowest BCUT2D eigenvalue weighted by atomic mass is 9.99. The number of anilines is 2. The summed E-state index contributed by atoms with van der Waals surface area (Å²) in [6.07, 6.45) is 7.48. The Balaban J connectivity index is 1.44. The van der Waals surface area contributed by atoms with E-state index in [4.69, 9.17) is 0 Å². The quantitative estimate of drug-likeness (QED) is 0.290. The first kappa shape index (κ1) is 25.9. The Bertz CT molecular complexity index is 1610. The summed E-state index contributed by atoms with van der Waals surface area (Å²) < 4.78 is 29.6. The summed E-state index contributed by atoms with van der Waals surface area (Å²) in [5, 5.41) is 10.5. The van der Waals surface area contributed by atoms with Crippen molar-refractivity contribution in [3.63, 3.8) is 0 Å². The van der Waals surface area contributed by atoms with E-state index in [2.05, 4.69) is 25.7 Å². The summed E-state index contributed by atoms with van der Waals surface area (Å²) in [5.41, 5.74) is 2.10. The van der Waals surface area contributed by atoms with Crippen molar-refractivity contribution in [1.29, 1.82) is 0 Å². The summed E-state index contributed by atoms with van der Waals surface area (Å²) in [6, 6.07) is 5.56. The molecule has 2 N–H and O–H groups in total. The number of carbonyl (C=O) groups is 1. The van der Waals surface area contributed by atoms with Crippen molar-refractivity contribution in [3.8, 4) is 11.1 Å². The molecule has 0 saturated heterocycles. The molecule has 1 fully saturated rings. The second kappa shape index (κ2) is 10.2. The van der Waals surface area contributed by atoms with Gasteiger partial charge in [-0.2, -0.15) is 15.1 Å². The van der Waals surface area contributed by atoms with Crippen LogP contribution in [-0.4, -0.2) is 41.2 Å². The number of benzene rings is 1. The molecule has 1 saturated carbocycles. The van der Waals surface area contributed by atoms with Crippen LogP contribution in [-0.2, 0) is 25.3 Å². The van der Waals surface area contributed by atoms with Gasteiger partial charge >= 0.3 is 11.2 Å². The van der Waals surface area contributed by atoms with E-state index in [1.165, 1.54) is 42.0 Å². The highest BCUT2D eigenvalue weighted by molar-refractivity contribution is 7.90. The van der Waals surface area contributed by atoms with Crippen molar-refractivity contribution >= 4 is 39.7 Å². The minimum atomic E-state index is -1.40. The number of halogens is 1. The molecule has 1 atom stereocenters. The molecule has 3 heterocycles. The zero-order chi connectivity index (χ0) is 27.1. The fourth-order valence-corrected chi connectivity index (χ4v) is 5.33. The normalized spacial score (nSPS) is 14.7. The zero-order valence-electron chi connectivity index (χ0n) is 21.5. The molecule has 1 unspecified atom stereocenters. The molecule has 5 rings (SSSR count). The highest BCUT2D eigenvalue weighted by Crippen LogP contribution is 2.34. The second-order valence-electron chi connectivity index (χ2n) is 9.59. The SMILES string of the molecule is Cc1cc(F)c(NC(=O)Nc2cc(C3CCCC3)nn2C)cc1-c1cc2cnc([S+](C)[O-])nc2n(C)c1=O. The van der Waals surface area contributed by atoms with Gasteiger partial charge in [-0.3, -0.25) is 19.4 Å². The Morgan fingerprint density at radius 3 is 2.58 bits per heavy atom. The van der Waals surface area contributed by atoms with Crippen LogP contribution < -0.4 is 16.2 Å². The predicted molar refractivity (Wildman–Crippen MR) is 144 cm³/mol.